The van der Waals surface area contributed by atoms with Crippen LogP contribution in [0.4, 0.5) is 0 Å². The van der Waals surface area contributed by atoms with Gasteiger partial charge in [-0.3, -0.25) is 0 Å². The lowest BCUT2D eigenvalue weighted by Crippen LogP contribution is -2.03. The van der Waals surface area contributed by atoms with Gasteiger partial charge in [0.15, 0.2) is 0 Å². The molecule has 0 fully saturated rings. The van der Waals surface area contributed by atoms with E-state index in [0.717, 1.165) is 0 Å². The fourth-order valence-electron chi connectivity index (χ4n) is 2.00. The first-order chi connectivity index (χ1) is 9.77. The van der Waals surface area contributed by atoms with Gasteiger partial charge in [0, 0.05) is 5.57 Å². The molecule has 0 spiro atoms. The largest absolute Gasteiger partial charge is 0.384 e. The second-order valence-electron chi connectivity index (χ2n) is 4.19. The SMILES string of the molecule is N#CC(C#N)=C(c1ccccc1)C(O)c1ccccc1. The minimum absolute atomic E-state index is 0.0763. The van der Waals surface area contributed by atoms with E-state index in [1.807, 2.05) is 24.3 Å². The topological polar surface area (TPSA) is 67.8 Å². The van der Waals surface area contributed by atoms with Gasteiger partial charge >= 0.3 is 0 Å². The highest BCUT2D eigenvalue weighted by molar-refractivity contribution is 5.78. The summed E-state index contributed by atoms with van der Waals surface area (Å²) >= 11 is 0. The zero-order valence-electron chi connectivity index (χ0n) is 10.7. The van der Waals surface area contributed by atoms with Crippen molar-refractivity contribution >= 4 is 5.57 Å². The molecule has 0 bridgehead atoms. The van der Waals surface area contributed by atoms with Crippen molar-refractivity contribution in [3.63, 3.8) is 0 Å². The summed E-state index contributed by atoms with van der Waals surface area (Å²) in [5.41, 5.74) is 1.57. The van der Waals surface area contributed by atoms with Gasteiger partial charge in [0.25, 0.3) is 0 Å². The van der Waals surface area contributed by atoms with Gasteiger partial charge in [-0.25, -0.2) is 0 Å². The average Bonchev–Trinajstić information content (AvgIpc) is 2.53. The molecule has 1 atom stereocenters. The molecular weight excluding hydrogens is 248 g/mol. The molecule has 2 rings (SSSR count). The minimum atomic E-state index is -1.01. The van der Waals surface area contributed by atoms with Crippen LogP contribution in [-0.2, 0) is 0 Å². The fourth-order valence-corrected chi connectivity index (χ4v) is 2.00. The summed E-state index contributed by atoms with van der Waals surface area (Å²) in [5.74, 6) is 0. The van der Waals surface area contributed by atoms with Gasteiger partial charge in [-0.05, 0) is 11.1 Å². The van der Waals surface area contributed by atoms with E-state index in [2.05, 4.69) is 0 Å². The van der Waals surface area contributed by atoms with Crippen molar-refractivity contribution in [3.05, 3.63) is 77.4 Å². The molecule has 1 unspecified atom stereocenters. The number of benzene rings is 2. The molecule has 0 saturated carbocycles. The third-order valence-electron chi connectivity index (χ3n) is 2.97. The van der Waals surface area contributed by atoms with E-state index in [-0.39, 0.29) is 5.57 Å². The molecule has 0 radical (unpaired) electrons. The van der Waals surface area contributed by atoms with E-state index < -0.39 is 6.10 Å². The minimum Gasteiger partial charge on any atom is -0.384 e. The van der Waals surface area contributed by atoms with Gasteiger partial charge in [-0.1, -0.05) is 60.7 Å². The van der Waals surface area contributed by atoms with E-state index in [1.54, 1.807) is 48.5 Å². The summed E-state index contributed by atoms with van der Waals surface area (Å²) in [6.45, 7) is 0. The number of hydrogen-bond donors (Lipinski definition) is 1. The number of hydrogen-bond acceptors (Lipinski definition) is 3. The molecular formula is C17H12N2O. The lowest BCUT2D eigenvalue weighted by molar-refractivity contribution is 0.238. The lowest BCUT2D eigenvalue weighted by Gasteiger charge is -2.16. The Balaban J connectivity index is 2.59. The molecule has 2 aromatic rings. The van der Waals surface area contributed by atoms with Crippen LogP contribution in [0.25, 0.3) is 5.57 Å². The van der Waals surface area contributed by atoms with Gasteiger partial charge in [0.05, 0.1) is 0 Å². The molecule has 0 aromatic heterocycles. The van der Waals surface area contributed by atoms with Crippen LogP contribution >= 0.6 is 0 Å². The molecule has 20 heavy (non-hydrogen) atoms. The highest BCUT2D eigenvalue weighted by Crippen LogP contribution is 2.32. The number of aliphatic hydroxyl groups is 1. The van der Waals surface area contributed by atoms with Crippen LogP contribution in [0.1, 0.15) is 17.2 Å². The summed E-state index contributed by atoms with van der Waals surface area (Å²) in [4.78, 5) is 0. The van der Waals surface area contributed by atoms with Gasteiger partial charge in [-0.2, -0.15) is 10.5 Å². The van der Waals surface area contributed by atoms with Gasteiger partial charge in [0.1, 0.15) is 23.8 Å². The standard InChI is InChI=1S/C17H12N2O/c18-11-15(12-19)16(13-7-3-1-4-8-13)17(20)14-9-5-2-6-10-14/h1-10,17,20H. The van der Waals surface area contributed by atoms with Gasteiger partial charge in [-0.15, -0.1) is 0 Å². The third kappa shape index (κ3) is 2.75. The van der Waals surface area contributed by atoms with Crippen molar-refractivity contribution in [2.75, 3.05) is 0 Å². The molecule has 1 N–H and O–H groups in total. The molecule has 96 valence electrons. The summed E-state index contributed by atoms with van der Waals surface area (Å²) in [5, 5.41) is 28.7. The molecule has 2 aromatic carbocycles. The van der Waals surface area contributed by atoms with Crippen LogP contribution in [0.2, 0.25) is 0 Å². The normalized spacial score (nSPS) is 10.9. The molecule has 0 heterocycles. The third-order valence-corrected chi connectivity index (χ3v) is 2.97. The molecule has 0 aliphatic heterocycles. The summed E-state index contributed by atoms with van der Waals surface area (Å²) in [6, 6.07) is 21.7. The van der Waals surface area contributed by atoms with Crippen molar-refractivity contribution in [1.29, 1.82) is 10.5 Å². The molecule has 0 aliphatic carbocycles. The molecule has 3 nitrogen and oxygen atoms in total. The van der Waals surface area contributed by atoms with Crippen LogP contribution in [0.3, 0.4) is 0 Å². The van der Waals surface area contributed by atoms with Gasteiger partial charge < -0.3 is 5.11 Å². The van der Waals surface area contributed by atoms with E-state index in [4.69, 9.17) is 10.5 Å². The first-order valence-electron chi connectivity index (χ1n) is 6.10. The van der Waals surface area contributed by atoms with E-state index >= 15 is 0 Å². The summed E-state index contributed by atoms with van der Waals surface area (Å²) in [7, 11) is 0. The van der Waals surface area contributed by atoms with Crippen LogP contribution in [0, 0.1) is 22.7 Å². The Labute approximate surface area is 117 Å². The Morgan fingerprint density at radius 3 is 1.85 bits per heavy atom. The predicted octanol–water partition coefficient (Wildman–Crippen LogP) is 3.22. The maximum absolute atomic E-state index is 10.5. The van der Waals surface area contributed by atoms with Crippen molar-refractivity contribution in [1.82, 2.24) is 0 Å². The zero-order valence-corrected chi connectivity index (χ0v) is 10.7. The fraction of sp³-hybridized carbons (Fsp3) is 0.0588. The van der Waals surface area contributed by atoms with Crippen molar-refractivity contribution in [2.24, 2.45) is 0 Å². The average molecular weight is 260 g/mol. The first-order valence-corrected chi connectivity index (χ1v) is 6.10. The number of nitriles is 2. The molecule has 0 saturated heterocycles. The summed E-state index contributed by atoms with van der Waals surface area (Å²) < 4.78 is 0. The monoisotopic (exact) mass is 260 g/mol. The molecule has 3 heteroatoms. The number of aliphatic hydroxyl groups excluding tert-OH is 1. The van der Waals surface area contributed by atoms with E-state index in [9.17, 15) is 5.11 Å². The number of nitrogens with zero attached hydrogens (tertiary/aromatic N) is 2. The quantitative estimate of drug-likeness (QED) is 0.861. The van der Waals surface area contributed by atoms with Crippen molar-refractivity contribution < 1.29 is 5.11 Å². The van der Waals surface area contributed by atoms with Crippen molar-refractivity contribution in [3.8, 4) is 12.1 Å². The number of rotatable bonds is 3. The van der Waals surface area contributed by atoms with Crippen LogP contribution in [0.15, 0.2) is 66.2 Å². The first kappa shape index (κ1) is 13.5. The smallest absolute Gasteiger partial charge is 0.136 e. The number of allylic oxidation sites excluding steroid dienone is 1. The maximum atomic E-state index is 10.5. The van der Waals surface area contributed by atoms with E-state index in [0.29, 0.717) is 16.7 Å². The zero-order chi connectivity index (χ0) is 14.4. The second kappa shape index (κ2) is 6.33. The van der Waals surface area contributed by atoms with Crippen LogP contribution in [-0.4, -0.2) is 5.11 Å². The van der Waals surface area contributed by atoms with E-state index in [1.165, 1.54) is 0 Å². The molecule has 0 amide bonds. The summed E-state index contributed by atoms with van der Waals surface area (Å²) in [6.07, 6.45) is -1.01. The highest BCUT2D eigenvalue weighted by atomic mass is 16.3. The van der Waals surface area contributed by atoms with Gasteiger partial charge in [0.2, 0.25) is 0 Å². The Hall–Kier alpha value is -2.88. The highest BCUT2D eigenvalue weighted by Gasteiger charge is 2.19. The van der Waals surface area contributed by atoms with Crippen molar-refractivity contribution in [2.45, 2.75) is 6.10 Å². The Kier molecular flexibility index (Phi) is 4.29. The predicted molar refractivity (Wildman–Crippen MR) is 76.0 cm³/mol. The second-order valence-corrected chi connectivity index (χ2v) is 4.19. The van der Waals surface area contributed by atoms with Crippen LogP contribution in [0.5, 0.6) is 0 Å². The Bertz CT molecular complexity index is 675. The lowest BCUT2D eigenvalue weighted by atomic mass is 9.92. The Morgan fingerprint density at radius 2 is 1.35 bits per heavy atom. The van der Waals surface area contributed by atoms with Crippen LogP contribution < -0.4 is 0 Å². The maximum Gasteiger partial charge on any atom is 0.136 e. The Morgan fingerprint density at radius 1 is 0.850 bits per heavy atom. The molecule has 0 aliphatic rings.